The van der Waals surface area contributed by atoms with Gasteiger partial charge in [0, 0.05) is 31.2 Å². The van der Waals surface area contributed by atoms with E-state index in [9.17, 15) is 9.59 Å². The van der Waals surface area contributed by atoms with Gasteiger partial charge in [0.1, 0.15) is 5.75 Å². The number of fused-ring (bicyclic) bond motifs is 1. The van der Waals surface area contributed by atoms with Crippen LogP contribution in [0.4, 0.5) is 5.69 Å². The summed E-state index contributed by atoms with van der Waals surface area (Å²) in [6, 6.07) is 15.6. The number of carbonyl (C=O) groups excluding carboxylic acids is 2. The molecular weight excluding hydrogens is 330 g/mol. The van der Waals surface area contributed by atoms with Crippen molar-refractivity contribution in [3.63, 3.8) is 0 Å². The molecule has 1 fully saturated rings. The van der Waals surface area contributed by atoms with Crippen LogP contribution in [0.5, 0.6) is 5.75 Å². The van der Waals surface area contributed by atoms with E-state index in [1.54, 1.807) is 18.2 Å². The van der Waals surface area contributed by atoms with Crippen LogP contribution in [-0.2, 0) is 11.3 Å². The summed E-state index contributed by atoms with van der Waals surface area (Å²) in [5.41, 5.74) is 2.43. The molecule has 1 unspecified atom stereocenters. The summed E-state index contributed by atoms with van der Waals surface area (Å²) in [6.07, 6.45) is 0.941. The van der Waals surface area contributed by atoms with Gasteiger partial charge in [-0.3, -0.25) is 14.5 Å². The zero-order chi connectivity index (χ0) is 17.9. The van der Waals surface area contributed by atoms with Crippen molar-refractivity contribution in [1.82, 2.24) is 10.2 Å². The molecule has 2 amide bonds. The lowest BCUT2D eigenvalue weighted by atomic mass is 10.1. The average molecular weight is 351 g/mol. The summed E-state index contributed by atoms with van der Waals surface area (Å²) in [5.74, 6) is 0.244. The maximum atomic E-state index is 12.5. The Balaban J connectivity index is 1.35. The number of benzene rings is 2. The molecule has 6 heteroatoms. The second-order valence-corrected chi connectivity index (χ2v) is 6.73. The van der Waals surface area contributed by atoms with E-state index >= 15 is 0 Å². The average Bonchev–Trinajstić information content (AvgIpc) is 3.08. The molecule has 1 atom stereocenters. The molecule has 4 rings (SSSR count). The Morgan fingerprint density at radius 3 is 2.92 bits per heavy atom. The van der Waals surface area contributed by atoms with E-state index in [0.717, 1.165) is 26.1 Å². The topological polar surface area (TPSA) is 70.7 Å². The van der Waals surface area contributed by atoms with Gasteiger partial charge in [-0.1, -0.05) is 30.3 Å². The first kappa shape index (κ1) is 16.6. The molecule has 0 saturated carbocycles. The summed E-state index contributed by atoms with van der Waals surface area (Å²) in [6.45, 7) is 2.70. The molecular formula is C20H21N3O3. The van der Waals surface area contributed by atoms with Crippen molar-refractivity contribution in [3.05, 3.63) is 59.7 Å². The number of nitrogens with zero attached hydrogens (tertiary/aromatic N) is 1. The number of hydrogen-bond acceptors (Lipinski definition) is 4. The number of ether oxygens (including phenoxy) is 1. The van der Waals surface area contributed by atoms with E-state index in [1.807, 2.05) is 18.2 Å². The van der Waals surface area contributed by atoms with Crippen LogP contribution >= 0.6 is 0 Å². The van der Waals surface area contributed by atoms with E-state index in [2.05, 4.69) is 27.7 Å². The van der Waals surface area contributed by atoms with Gasteiger partial charge >= 0.3 is 0 Å². The van der Waals surface area contributed by atoms with Crippen molar-refractivity contribution in [3.8, 4) is 5.75 Å². The van der Waals surface area contributed by atoms with Gasteiger partial charge in [0.15, 0.2) is 6.61 Å². The van der Waals surface area contributed by atoms with E-state index in [0.29, 0.717) is 17.0 Å². The minimum absolute atomic E-state index is 0.0187. The third kappa shape index (κ3) is 3.70. The number of hydrogen-bond donors (Lipinski definition) is 2. The Kier molecular flexibility index (Phi) is 4.58. The summed E-state index contributed by atoms with van der Waals surface area (Å²) < 4.78 is 5.38. The minimum Gasteiger partial charge on any atom is -0.482 e. The Bertz CT molecular complexity index is 822. The fraction of sp³-hybridized carbons (Fsp3) is 0.300. The molecule has 134 valence electrons. The number of anilines is 1. The van der Waals surface area contributed by atoms with Crippen LogP contribution in [0.1, 0.15) is 22.3 Å². The molecule has 0 bridgehead atoms. The van der Waals surface area contributed by atoms with Crippen LogP contribution in [0.25, 0.3) is 0 Å². The number of rotatable bonds is 4. The smallest absolute Gasteiger partial charge is 0.262 e. The molecule has 0 aromatic heterocycles. The molecule has 6 nitrogen and oxygen atoms in total. The van der Waals surface area contributed by atoms with Crippen LogP contribution in [0.3, 0.4) is 0 Å². The molecule has 2 aliphatic heterocycles. The first-order valence-electron chi connectivity index (χ1n) is 8.81. The first-order chi connectivity index (χ1) is 12.7. The lowest BCUT2D eigenvalue weighted by Crippen LogP contribution is -2.37. The molecule has 0 radical (unpaired) electrons. The van der Waals surface area contributed by atoms with Gasteiger partial charge < -0.3 is 15.4 Å². The van der Waals surface area contributed by atoms with E-state index in [-0.39, 0.29) is 24.5 Å². The quantitative estimate of drug-likeness (QED) is 0.884. The van der Waals surface area contributed by atoms with Gasteiger partial charge in [-0.05, 0) is 30.2 Å². The third-order valence-electron chi connectivity index (χ3n) is 4.73. The molecule has 2 heterocycles. The fourth-order valence-corrected chi connectivity index (χ4v) is 3.42. The first-order valence-corrected chi connectivity index (χ1v) is 8.81. The van der Waals surface area contributed by atoms with Crippen molar-refractivity contribution >= 4 is 17.5 Å². The maximum absolute atomic E-state index is 12.5. The van der Waals surface area contributed by atoms with Crippen molar-refractivity contribution in [2.75, 3.05) is 25.0 Å². The van der Waals surface area contributed by atoms with Crippen molar-refractivity contribution < 1.29 is 14.3 Å². The summed E-state index contributed by atoms with van der Waals surface area (Å²) in [5, 5.41) is 5.83. The van der Waals surface area contributed by atoms with Crippen molar-refractivity contribution in [2.24, 2.45) is 0 Å². The predicted octanol–water partition coefficient (Wildman–Crippen LogP) is 2.02. The highest BCUT2D eigenvalue weighted by atomic mass is 16.5. The third-order valence-corrected chi connectivity index (χ3v) is 4.73. The van der Waals surface area contributed by atoms with E-state index < -0.39 is 0 Å². The lowest BCUT2D eigenvalue weighted by Gasteiger charge is -2.19. The molecule has 2 N–H and O–H groups in total. The molecule has 2 aromatic carbocycles. The van der Waals surface area contributed by atoms with Gasteiger partial charge in [-0.2, -0.15) is 0 Å². The lowest BCUT2D eigenvalue weighted by molar-refractivity contribution is -0.118. The van der Waals surface area contributed by atoms with Crippen LogP contribution in [-0.4, -0.2) is 42.5 Å². The number of carbonyl (C=O) groups is 2. The predicted molar refractivity (Wildman–Crippen MR) is 98.2 cm³/mol. The van der Waals surface area contributed by atoms with Gasteiger partial charge in [-0.15, -0.1) is 0 Å². The standard InChI is InChI=1S/C20H21N3O3/c24-19-13-26-18-10-15(6-7-17(18)22-19)20(25)21-16-8-9-23(12-16)11-14-4-2-1-3-5-14/h1-7,10,16H,8-9,11-13H2,(H,21,25)(H,22,24). The monoisotopic (exact) mass is 351 g/mol. The summed E-state index contributed by atoms with van der Waals surface area (Å²) >= 11 is 0. The van der Waals surface area contributed by atoms with Crippen LogP contribution in [0.15, 0.2) is 48.5 Å². The highest BCUT2D eigenvalue weighted by molar-refractivity contribution is 5.99. The highest BCUT2D eigenvalue weighted by Gasteiger charge is 2.25. The van der Waals surface area contributed by atoms with Crippen LogP contribution < -0.4 is 15.4 Å². The molecule has 0 aliphatic carbocycles. The van der Waals surface area contributed by atoms with E-state index in [4.69, 9.17) is 4.74 Å². The second-order valence-electron chi connectivity index (χ2n) is 6.73. The van der Waals surface area contributed by atoms with Crippen LogP contribution in [0, 0.1) is 0 Å². The Morgan fingerprint density at radius 2 is 2.08 bits per heavy atom. The van der Waals surface area contributed by atoms with E-state index in [1.165, 1.54) is 5.56 Å². The zero-order valence-electron chi connectivity index (χ0n) is 14.4. The normalized spacial score (nSPS) is 19.4. The SMILES string of the molecule is O=C1COc2cc(C(=O)NC3CCN(Cc4ccccc4)C3)ccc2N1. The second kappa shape index (κ2) is 7.17. The molecule has 1 saturated heterocycles. The van der Waals surface area contributed by atoms with Gasteiger partial charge in [0.25, 0.3) is 11.8 Å². The van der Waals surface area contributed by atoms with Crippen molar-refractivity contribution in [1.29, 1.82) is 0 Å². The van der Waals surface area contributed by atoms with Gasteiger partial charge in [0.05, 0.1) is 5.69 Å². The maximum Gasteiger partial charge on any atom is 0.262 e. The summed E-state index contributed by atoms with van der Waals surface area (Å²) in [4.78, 5) is 26.2. The van der Waals surface area contributed by atoms with Crippen LogP contribution in [0.2, 0.25) is 0 Å². The minimum atomic E-state index is -0.181. The van der Waals surface area contributed by atoms with Gasteiger partial charge in [-0.25, -0.2) is 0 Å². The molecule has 0 spiro atoms. The van der Waals surface area contributed by atoms with Crippen molar-refractivity contribution in [2.45, 2.75) is 19.0 Å². The number of nitrogens with one attached hydrogen (secondary N) is 2. The molecule has 26 heavy (non-hydrogen) atoms. The molecule has 2 aliphatic rings. The largest absolute Gasteiger partial charge is 0.482 e. The Labute approximate surface area is 152 Å². The Hall–Kier alpha value is -2.86. The summed E-state index contributed by atoms with van der Waals surface area (Å²) in [7, 11) is 0. The molecule has 2 aromatic rings. The number of amides is 2. The highest BCUT2D eigenvalue weighted by Crippen LogP contribution is 2.28. The Morgan fingerprint density at radius 1 is 1.23 bits per heavy atom. The zero-order valence-corrected chi connectivity index (χ0v) is 14.4. The number of likely N-dealkylation sites (tertiary alicyclic amines) is 1. The fourth-order valence-electron chi connectivity index (χ4n) is 3.42. The van der Waals surface area contributed by atoms with Gasteiger partial charge in [0.2, 0.25) is 0 Å².